The first-order valence-electron chi connectivity index (χ1n) is 12.9. The fraction of sp³-hybridized carbons (Fsp3) is 0.731. The van der Waals surface area contributed by atoms with Gasteiger partial charge in [-0.15, -0.1) is 0 Å². The van der Waals surface area contributed by atoms with Gasteiger partial charge in [-0.05, 0) is 81.9 Å². The zero-order valence-corrected chi connectivity index (χ0v) is 20.8. The summed E-state index contributed by atoms with van der Waals surface area (Å²) in [5, 5.41) is 3.97. The van der Waals surface area contributed by atoms with Gasteiger partial charge in [0.05, 0.1) is 13.2 Å². The molecule has 0 aromatic heterocycles. The van der Waals surface area contributed by atoms with E-state index >= 15 is 0 Å². The predicted octanol–water partition coefficient (Wildman–Crippen LogP) is 3.25. The predicted molar refractivity (Wildman–Crippen MR) is 134 cm³/mol. The van der Waals surface area contributed by atoms with Crippen LogP contribution in [0.3, 0.4) is 0 Å². The first-order valence-corrected chi connectivity index (χ1v) is 13.3. The molecular formula is C26H41ClN4O2. The molecule has 0 aliphatic carbocycles. The van der Waals surface area contributed by atoms with E-state index in [0.29, 0.717) is 18.4 Å². The van der Waals surface area contributed by atoms with Crippen LogP contribution in [0.4, 0.5) is 0 Å². The molecule has 3 aliphatic heterocycles. The van der Waals surface area contributed by atoms with Crippen LogP contribution >= 0.6 is 11.6 Å². The largest absolute Gasteiger partial charge is 0.379 e. The van der Waals surface area contributed by atoms with E-state index in [4.69, 9.17) is 16.3 Å². The molecular weight excluding hydrogens is 436 g/mol. The van der Waals surface area contributed by atoms with E-state index in [1.165, 1.54) is 37.9 Å². The van der Waals surface area contributed by atoms with Crippen LogP contribution in [0, 0.1) is 5.92 Å². The SMILES string of the molecule is O=C(CC[C@@H]1CN(Cc2cccc(Cl)c2)CC[C@@H]1N1CCCC1)NCCCN1CCOCC1. The Morgan fingerprint density at radius 3 is 2.70 bits per heavy atom. The van der Waals surface area contributed by atoms with E-state index in [1.54, 1.807) is 0 Å². The third-order valence-electron chi connectivity index (χ3n) is 7.50. The molecule has 6 nitrogen and oxygen atoms in total. The molecule has 3 fully saturated rings. The van der Waals surface area contributed by atoms with Gasteiger partial charge in [0, 0.05) is 50.2 Å². The number of halogens is 1. The number of hydrogen-bond acceptors (Lipinski definition) is 5. The maximum atomic E-state index is 12.6. The van der Waals surface area contributed by atoms with Gasteiger partial charge in [-0.1, -0.05) is 23.7 Å². The number of morpholine rings is 1. The lowest BCUT2D eigenvalue weighted by atomic mass is 9.86. The molecule has 3 saturated heterocycles. The minimum absolute atomic E-state index is 0.212. The molecule has 1 N–H and O–H groups in total. The van der Waals surface area contributed by atoms with Gasteiger partial charge in [0.25, 0.3) is 0 Å². The Morgan fingerprint density at radius 2 is 1.91 bits per heavy atom. The Morgan fingerprint density at radius 1 is 1.09 bits per heavy atom. The fourth-order valence-corrected chi connectivity index (χ4v) is 5.94. The average molecular weight is 477 g/mol. The molecule has 7 heteroatoms. The van der Waals surface area contributed by atoms with Gasteiger partial charge in [-0.25, -0.2) is 0 Å². The van der Waals surface area contributed by atoms with Crippen molar-refractivity contribution in [3.05, 3.63) is 34.9 Å². The van der Waals surface area contributed by atoms with Crippen LogP contribution in [-0.4, -0.2) is 92.2 Å². The van der Waals surface area contributed by atoms with Crippen LogP contribution in [0.25, 0.3) is 0 Å². The summed E-state index contributed by atoms with van der Waals surface area (Å²) in [6.07, 6.45) is 6.46. The van der Waals surface area contributed by atoms with Gasteiger partial charge in [0.15, 0.2) is 0 Å². The summed E-state index contributed by atoms with van der Waals surface area (Å²) in [5.41, 5.74) is 1.28. The lowest BCUT2D eigenvalue weighted by Crippen LogP contribution is -2.50. The highest BCUT2D eigenvalue weighted by Crippen LogP contribution is 2.29. The number of rotatable bonds is 10. The van der Waals surface area contributed by atoms with Gasteiger partial charge in [-0.2, -0.15) is 0 Å². The van der Waals surface area contributed by atoms with Crippen LogP contribution in [0.1, 0.15) is 44.1 Å². The number of nitrogens with zero attached hydrogens (tertiary/aromatic N) is 3. The molecule has 33 heavy (non-hydrogen) atoms. The van der Waals surface area contributed by atoms with E-state index in [-0.39, 0.29) is 5.91 Å². The molecule has 0 unspecified atom stereocenters. The molecule has 0 radical (unpaired) electrons. The van der Waals surface area contributed by atoms with E-state index < -0.39 is 0 Å². The minimum Gasteiger partial charge on any atom is -0.379 e. The molecule has 1 amide bonds. The number of nitrogens with one attached hydrogen (secondary N) is 1. The lowest BCUT2D eigenvalue weighted by Gasteiger charge is -2.43. The van der Waals surface area contributed by atoms with E-state index in [1.807, 2.05) is 12.1 Å². The first-order chi connectivity index (χ1) is 16.2. The summed E-state index contributed by atoms with van der Waals surface area (Å²) in [6.45, 7) is 11.1. The van der Waals surface area contributed by atoms with Crippen molar-refractivity contribution in [3.63, 3.8) is 0 Å². The summed E-state index contributed by atoms with van der Waals surface area (Å²) in [4.78, 5) is 20.3. The standard InChI is InChI=1S/C26H41ClN4O2/c27-24-6-3-5-22(19-24)20-30-14-9-25(31-12-1-2-13-31)23(21-30)7-8-26(32)28-10-4-11-29-15-17-33-18-16-29/h3,5-6,19,23,25H,1-2,4,7-18,20-21H2,(H,28,32)/t23-,25+/m1/s1. The Kier molecular flexibility index (Phi) is 9.86. The Bertz CT molecular complexity index is 737. The van der Waals surface area contributed by atoms with Crippen molar-refractivity contribution in [1.82, 2.24) is 20.0 Å². The Balaban J connectivity index is 1.23. The molecule has 2 atom stereocenters. The van der Waals surface area contributed by atoms with Crippen molar-refractivity contribution in [2.24, 2.45) is 5.92 Å². The number of hydrogen-bond donors (Lipinski definition) is 1. The quantitative estimate of drug-likeness (QED) is 0.525. The van der Waals surface area contributed by atoms with Gasteiger partial charge < -0.3 is 15.0 Å². The highest BCUT2D eigenvalue weighted by atomic mass is 35.5. The molecule has 3 aliphatic rings. The summed E-state index contributed by atoms with van der Waals surface area (Å²) < 4.78 is 5.40. The molecule has 184 valence electrons. The fourth-order valence-electron chi connectivity index (χ4n) is 5.73. The molecule has 3 heterocycles. The topological polar surface area (TPSA) is 48.1 Å². The number of carbonyl (C=O) groups excluding carboxylic acids is 1. The van der Waals surface area contributed by atoms with Gasteiger partial charge in [-0.3, -0.25) is 14.6 Å². The van der Waals surface area contributed by atoms with Crippen LogP contribution in [-0.2, 0) is 16.1 Å². The highest BCUT2D eigenvalue weighted by molar-refractivity contribution is 6.30. The second-order valence-electron chi connectivity index (χ2n) is 9.92. The molecule has 4 rings (SSSR count). The van der Waals surface area contributed by atoms with E-state index in [2.05, 4.69) is 32.1 Å². The number of ether oxygens (including phenoxy) is 1. The van der Waals surface area contributed by atoms with Gasteiger partial charge in [0.1, 0.15) is 0 Å². The number of amides is 1. The Labute approximate surface area is 204 Å². The van der Waals surface area contributed by atoms with Crippen molar-refractivity contribution in [3.8, 4) is 0 Å². The maximum absolute atomic E-state index is 12.6. The van der Waals surface area contributed by atoms with Crippen LogP contribution in [0.2, 0.25) is 5.02 Å². The average Bonchev–Trinajstić information content (AvgIpc) is 3.36. The maximum Gasteiger partial charge on any atom is 0.220 e. The number of benzene rings is 1. The van der Waals surface area contributed by atoms with Crippen molar-refractivity contribution in [2.75, 3.05) is 65.6 Å². The first kappa shape index (κ1) is 24.9. The van der Waals surface area contributed by atoms with E-state index in [9.17, 15) is 4.79 Å². The zero-order valence-electron chi connectivity index (χ0n) is 20.0. The molecule has 0 spiro atoms. The van der Waals surface area contributed by atoms with E-state index in [0.717, 1.165) is 76.9 Å². The van der Waals surface area contributed by atoms with Crippen LogP contribution < -0.4 is 5.32 Å². The van der Waals surface area contributed by atoms with Gasteiger partial charge in [0.2, 0.25) is 5.91 Å². The second kappa shape index (κ2) is 13.1. The lowest BCUT2D eigenvalue weighted by molar-refractivity contribution is -0.121. The monoisotopic (exact) mass is 476 g/mol. The third-order valence-corrected chi connectivity index (χ3v) is 7.74. The summed E-state index contributed by atoms with van der Waals surface area (Å²) >= 11 is 6.20. The second-order valence-corrected chi connectivity index (χ2v) is 10.4. The van der Waals surface area contributed by atoms with Crippen molar-refractivity contribution < 1.29 is 9.53 Å². The zero-order chi connectivity index (χ0) is 22.9. The van der Waals surface area contributed by atoms with Crippen molar-refractivity contribution in [1.29, 1.82) is 0 Å². The van der Waals surface area contributed by atoms with Crippen LogP contribution in [0.5, 0.6) is 0 Å². The number of carbonyl (C=O) groups is 1. The molecule has 1 aromatic carbocycles. The molecule has 0 bridgehead atoms. The normalized spacial score (nSPS) is 25.4. The van der Waals surface area contributed by atoms with Crippen molar-refractivity contribution >= 4 is 17.5 Å². The van der Waals surface area contributed by atoms with Gasteiger partial charge >= 0.3 is 0 Å². The smallest absolute Gasteiger partial charge is 0.220 e. The van der Waals surface area contributed by atoms with Crippen LogP contribution in [0.15, 0.2) is 24.3 Å². The molecule has 1 aromatic rings. The Hall–Kier alpha value is -1.18. The summed E-state index contributed by atoms with van der Waals surface area (Å²) in [5.74, 6) is 0.763. The minimum atomic E-state index is 0.212. The summed E-state index contributed by atoms with van der Waals surface area (Å²) in [7, 11) is 0. The number of likely N-dealkylation sites (tertiary alicyclic amines) is 2. The third kappa shape index (κ3) is 7.93. The number of piperidine rings is 1. The van der Waals surface area contributed by atoms with Crippen molar-refractivity contribution in [2.45, 2.75) is 51.1 Å². The molecule has 0 saturated carbocycles. The highest BCUT2D eigenvalue weighted by Gasteiger charge is 2.34. The summed E-state index contributed by atoms with van der Waals surface area (Å²) in [6, 6.07) is 8.84.